The molecule has 160 valence electrons. The van der Waals surface area contributed by atoms with E-state index in [2.05, 4.69) is 46.1 Å². The molecule has 2 aliphatic rings. The van der Waals surface area contributed by atoms with Gasteiger partial charge in [0.2, 0.25) is 5.91 Å². The molecule has 0 aliphatic carbocycles. The summed E-state index contributed by atoms with van der Waals surface area (Å²) in [6, 6.07) is 9.45. The van der Waals surface area contributed by atoms with Gasteiger partial charge in [0.15, 0.2) is 0 Å². The Hall–Kier alpha value is -2.51. The quantitative estimate of drug-likeness (QED) is 0.592. The summed E-state index contributed by atoms with van der Waals surface area (Å²) in [7, 11) is 1.62. The van der Waals surface area contributed by atoms with Gasteiger partial charge in [0.05, 0.1) is 19.6 Å². The van der Waals surface area contributed by atoms with Crippen LogP contribution in [0.4, 0.5) is 5.82 Å². The number of amides is 1. The number of carbonyl (C=O) groups excluding carboxylic acids is 1. The average molecular weight is 411 g/mol. The molecule has 2 aromatic rings. The molecule has 1 unspecified atom stereocenters. The molecule has 7 nitrogen and oxygen atoms in total. The van der Waals surface area contributed by atoms with Crippen LogP contribution in [0.2, 0.25) is 0 Å². The van der Waals surface area contributed by atoms with Crippen molar-refractivity contribution in [2.24, 2.45) is 0 Å². The molecule has 0 radical (unpaired) electrons. The summed E-state index contributed by atoms with van der Waals surface area (Å²) in [5, 5.41) is 0. The van der Waals surface area contributed by atoms with E-state index in [-0.39, 0.29) is 11.9 Å². The molecule has 1 atom stereocenters. The van der Waals surface area contributed by atoms with E-state index in [1.165, 1.54) is 31.5 Å². The number of anilines is 1. The summed E-state index contributed by atoms with van der Waals surface area (Å²) in [5.41, 5.74) is 3.29. The van der Waals surface area contributed by atoms with Crippen LogP contribution in [0, 0.1) is 0 Å². The number of hydrogen-bond acceptors (Lipinski definition) is 6. The Morgan fingerprint density at radius 2 is 1.90 bits per heavy atom. The number of carbonyl (C=O) groups is 1. The van der Waals surface area contributed by atoms with E-state index in [1.54, 1.807) is 18.2 Å². The van der Waals surface area contributed by atoms with Crippen molar-refractivity contribution in [1.29, 1.82) is 0 Å². The number of aromatic nitrogens is 2. The van der Waals surface area contributed by atoms with Gasteiger partial charge in [-0.2, -0.15) is 4.98 Å². The van der Waals surface area contributed by atoms with Gasteiger partial charge in [-0.05, 0) is 43.5 Å². The lowest BCUT2D eigenvalue weighted by Gasteiger charge is -2.27. The van der Waals surface area contributed by atoms with Crippen molar-refractivity contribution >= 4 is 11.7 Å². The lowest BCUT2D eigenvalue weighted by molar-refractivity contribution is -0.117. The summed E-state index contributed by atoms with van der Waals surface area (Å²) in [6.07, 6.45) is 5.72. The van der Waals surface area contributed by atoms with Crippen molar-refractivity contribution in [2.75, 3.05) is 38.3 Å². The first-order valence-electron chi connectivity index (χ1n) is 10.8. The zero-order valence-electron chi connectivity index (χ0n) is 17.8. The summed E-state index contributed by atoms with van der Waals surface area (Å²) < 4.78 is 10.5. The number of rotatable bonds is 9. The topological polar surface area (TPSA) is 67.8 Å². The SMILES string of the molecule is CCC(c1ccc(CN2C(=O)Cc3cnc(OCCOC)nc32)cc1)N1CCCC1. The van der Waals surface area contributed by atoms with E-state index in [9.17, 15) is 4.79 Å². The van der Waals surface area contributed by atoms with Crippen molar-refractivity contribution in [3.8, 4) is 6.01 Å². The maximum Gasteiger partial charge on any atom is 0.318 e. The fraction of sp³-hybridized carbons (Fsp3) is 0.522. The van der Waals surface area contributed by atoms with Crippen LogP contribution in [-0.2, 0) is 22.5 Å². The van der Waals surface area contributed by atoms with Gasteiger partial charge < -0.3 is 9.47 Å². The molecule has 0 saturated carbocycles. The van der Waals surface area contributed by atoms with Crippen molar-refractivity contribution in [1.82, 2.24) is 14.9 Å². The van der Waals surface area contributed by atoms with E-state index < -0.39 is 0 Å². The Morgan fingerprint density at radius 1 is 1.13 bits per heavy atom. The molecule has 1 saturated heterocycles. The third-order valence-electron chi connectivity index (χ3n) is 5.91. The Bertz CT molecular complexity index is 865. The van der Waals surface area contributed by atoms with Gasteiger partial charge in [0.25, 0.3) is 0 Å². The third-order valence-corrected chi connectivity index (χ3v) is 5.91. The molecule has 0 bridgehead atoms. The van der Waals surface area contributed by atoms with Crippen LogP contribution in [0.1, 0.15) is 48.9 Å². The van der Waals surface area contributed by atoms with Gasteiger partial charge >= 0.3 is 6.01 Å². The average Bonchev–Trinajstić information content (AvgIpc) is 3.39. The standard InChI is InChI=1S/C23H30N4O3/c1-3-20(26-10-4-5-11-26)18-8-6-17(7-9-18)16-27-21(28)14-19-15-24-23(25-22(19)27)30-13-12-29-2/h6-9,15,20H,3-5,10-14,16H2,1-2H3. The third kappa shape index (κ3) is 4.47. The van der Waals surface area contributed by atoms with Gasteiger partial charge in [-0.1, -0.05) is 31.2 Å². The molecule has 0 spiro atoms. The molecular formula is C23H30N4O3. The first-order valence-corrected chi connectivity index (χ1v) is 10.8. The van der Waals surface area contributed by atoms with Crippen LogP contribution >= 0.6 is 0 Å². The maximum atomic E-state index is 12.6. The molecule has 3 heterocycles. The summed E-state index contributed by atoms with van der Waals surface area (Å²) in [4.78, 5) is 25.6. The number of likely N-dealkylation sites (tertiary alicyclic amines) is 1. The predicted molar refractivity (Wildman–Crippen MR) is 115 cm³/mol. The molecule has 7 heteroatoms. The lowest BCUT2D eigenvalue weighted by atomic mass is 10.0. The predicted octanol–water partition coefficient (Wildman–Crippen LogP) is 3.14. The molecule has 4 rings (SSSR count). The molecule has 1 fully saturated rings. The van der Waals surface area contributed by atoms with Crippen LogP contribution < -0.4 is 9.64 Å². The summed E-state index contributed by atoms with van der Waals surface area (Å²) >= 11 is 0. The molecule has 1 aromatic carbocycles. The summed E-state index contributed by atoms with van der Waals surface area (Å²) in [5.74, 6) is 0.691. The molecule has 1 amide bonds. The fourth-order valence-electron chi connectivity index (χ4n) is 4.35. The highest BCUT2D eigenvalue weighted by Crippen LogP contribution is 2.31. The van der Waals surface area contributed by atoms with Crippen molar-refractivity contribution in [3.63, 3.8) is 0 Å². The van der Waals surface area contributed by atoms with Gasteiger partial charge in [0.1, 0.15) is 12.4 Å². The zero-order valence-corrected chi connectivity index (χ0v) is 17.8. The second-order valence-electron chi connectivity index (χ2n) is 7.91. The molecule has 1 aromatic heterocycles. The zero-order chi connectivity index (χ0) is 20.9. The second kappa shape index (κ2) is 9.53. The highest BCUT2D eigenvalue weighted by molar-refractivity contribution is 6.00. The number of ether oxygens (including phenoxy) is 2. The number of fused-ring (bicyclic) bond motifs is 1. The largest absolute Gasteiger partial charge is 0.461 e. The fourth-order valence-corrected chi connectivity index (χ4v) is 4.35. The molecular weight excluding hydrogens is 380 g/mol. The van der Waals surface area contributed by atoms with Gasteiger partial charge in [0, 0.05) is 24.9 Å². The number of nitrogens with zero attached hydrogens (tertiary/aromatic N) is 4. The normalized spacial score (nSPS) is 17.4. The van der Waals surface area contributed by atoms with Crippen molar-refractivity contribution in [2.45, 2.75) is 45.2 Å². The van der Waals surface area contributed by atoms with Crippen LogP contribution in [0.5, 0.6) is 6.01 Å². The van der Waals surface area contributed by atoms with Crippen LogP contribution in [-0.4, -0.2) is 54.2 Å². The van der Waals surface area contributed by atoms with E-state index in [4.69, 9.17) is 9.47 Å². The molecule has 30 heavy (non-hydrogen) atoms. The minimum atomic E-state index is 0.0425. The minimum Gasteiger partial charge on any atom is -0.461 e. The summed E-state index contributed by atoms with van der Waals surface area (Å²) in [6.45, 7) is 5.97. The number of hydrogen-bond donors (Lipinski definition) is 0. The van der Waals surface area contributed by atoms with E-state index in [0.29, 0.717) is 38.0 Å². The second-order valence-corrected chi connectivity index (χ2v) is 7.91. The van der Waals surface area contributed by atoms with Gasteiger partial charge in [-0.25, -0.2) is 4.98 Å². The molecule has 0 N–H and O–H groups in total. The Morgan fingerprint density at radius 3 is 2.60 bits per heavy atom. The Kier molecular flexibility index (Phi) is 6.59. The van der Waals surface area contributed by atoms with E-state index in [0.717, 1.165) is 17.5 Å². The first-order chi connectivity index (χ1) is 14.7. The lowest BCUT2D eigenvalue weighted by Crippen LogP contribution is -2.27. The van der Waals surface area contributed by atoms with Gasteiger partial charge in [-0.3, -0.25) is 14.6 Å². The van der Waals surface area contributed by atoms with Crippen LogP contribution in [0.3, 0.4) is 0 Å². The van der Waals surface area contributed by atoms with E-state index in [1.807, 2.05) is 0 Å². The van der Waals surface area contributed by atoms with Gasteiger partial charge in [-0.15, -0.1) is 0 Å². The van der Waals surface area contributed by atoms with Crippen molar-refractivity contribution < 1.29 is 14.3 Å². The highest BCUT2D eigenvalue weighted by Gasteiger charge is 2.30. The smallest absolute Gasteiger partial charge is 0.318 e. The van der Waals surface area contributed by atoms with E-state index >= 15 is 0 Å². The van der Waals surface area contributed by atoms with Crippen molar-refractivity contribution in [3.05, 3.63) is 47.2 Å². The van der Waals surface area contributed by atoms with Crippen LogP contribution in [0.15, 0.2) is 30.5 Å². The molecule has 2 aliphatic heterocycles. The number of benzene rings is 1. The maximum absolute atomic E-state index is 12.6. The number of methoxy groups -OCH3 is 1. The highest BCUT2D eigenvalue weighted by atomic mass is 16.5. The monoisotopic (exact) mass is 410 g/mol. The Balaban J connectivity index is 1.46. The first kappa shape index (κ1) is 20.8. The minimum absolute atomic E-state index is 0.0425. The Labute approximate surface area is 178 Å². The van der Waals surface area contributed by atoms with Crippen LogP contribution in [0.25, 0.3) is 0 Å².